The molecule has 0 radical (unpaired) electrons. The van der Waals surface area contributed by atoms with Gasteiger partial charge in [0.25, 0.3) is 0 Å². The molecule has 1 fully saturated rings. The minimum absolute atomic E-state index is 0. The van der Waals surface area contributed by atoms with Gasteiger partial charge in [0, 0.05) is 13.0 Å². The Morgan fingerprint density at radius 2 is 2.00 bits per heavy atom. The van der Waals surface area contributed by atoms with Crippen molar-refractivity contribution in [2.24, 2.45) is 5.73 Å². The number of nitrogens with zero attached hydrogens (tertiary/aromatic N) is 1. The van der Waals surface area contributed by atoms with Gasteiger partial charge >= 0.3 is 0 Å². The molecule has 2 rings (SSSR count). The van der Waals surface area contributed by atoms with Crippen LogP contribution < -0.4 is 5.73 Å². The second-order valence-corrected chi connectivity index (χ2v) is 5.40. The zero-order valence-electron chi connectivity index (χ0n) is 12.2. The lowest BCUT2D eigenvalue weighted by atomic mass is 10.0. The van der Waals surface area contributed by atoms with Crippen molar-refractivity contribution in [1.29, 1.82) is 0 Å². The van der Waals surface area contributed by atoms with Gasteiger partial charge < -0.3 is 10.6 Å². The van der Waals surface area contributed by atoms with Crippen LogP contribution in [0.1, 0.15) is 49.3 Å². The Hall–Kier alpha value is -1.06. The zero-order chi connectivity index (χ0) is 13.7. The van der Waals surface area contributed by atoms with Crippen LogP contribution >= 0.6 is 12.4 Å². The van der Waals surface area contributed by atoms with Gasteiger partial charge in [0.05, 0.1) is 6.04 Å². The van der Waals surface area contributed by atoms with Crippen LogP contribution in [0.5, 0.6) is 0 Å². The summed E-state index contributed by atoms with van der Waals surface area (Å²) in [4.78, 5) is 14.3. The highest BCUT2D eigenvalue weighted by Gasteiger charge is 2.29. The minimum Gasteiger partial charge on any atom is -0.336 e. The van der Waals surface area contributed by atoms with Gasteiger partial charge in [-0.1, -0.05) is 29.8 Å². The van der Waals surface area contributed by atoms with Crippen LogP contribution in [0.3, 0.4) is 0 Å². The predicted octanol–water partition coefficient (Wildman–Crippen LogP) is 3.21. The van der Waals surface area contributed by atoms with Crippen LogP contribution in [-0.4, -0.2) is 23.9 Å². The van der Waals surface area contributed by atoms with Crippen LogP contribution in [0.4, 0.5) is 0 Å². The fraction of sp³-hybridized carbons (Fsp3) is 0.562. The molecule has 1 saturated heterocycles. The molecule has 2 N–H and O–H groups in total. The molecule has 1 aromatic rings. The van der Waals surface area contributed by atoms with Crippen LogP contribution in [0, 0.1) is 6.92 Å². The molecule has 0 aliphatic carbocycles. The summed E-state index contributed by atoms with van der Waals surface area (Å²) >= 11 is 0. The number of hydrogen-bond acceptors (Lipinski definition) is 2. The lowest BCUT2D eigenvalue weighted by Crippen LogP contribution is -2.30. The third-order valence-electron chi connectivity index (χ3n) is 3.88. The highest BCUT2D eigenvalue weighted by atomic mass is 35.5. The van der Waals surface area contributed by atoms with Crippen LogP contribution in [-0.2, 0) is 4.79 Å². The van der Waals surface area contributed by atoms with E-state index in [2.05, 4.69) is 36.1 Å². The number of likely N-dealkylation sites (tertiary alicyclic amines) is 1. The number of halogens is 1. The third-order valence-corrected chi connectivity index (χ3v) is 3.88. The van der Waals surface area contributed by atoms with E-state index in [1.165, 1.54) is 11.1 Å². The molecule has 1 heterocycles. The first-order chi connectivity index (χ1) is 9.22. The summed E-state index contributed by atoms with van der Waals surface area (Å²) in [5.74, 6) is 0.288. The number of unbranched alkanes of at least 4 members (excludes halogenated alkanes) is 1. The fourth-order valence-corrected chi connectivity index (χ4v) is 2.76. The number of carbonyl (C=O) groups is 1. The topological polar surface area (TPSA) is 46.3 Å². The molecule has 1 amide bonds. The standard InChI is InChI=1S/C16H24N2O.ClH/c1-13-7-9-14(10-8-13)15-5-4-12-18(15)16(19)6-2-3-11-17;/h7-10,15H,2-6,11-12,17H2,1H3;1H. The maximum Gasteiger partial charge on any atom is 0.223 e. The Kier molecular flexibility index (Phi) is 7.03. The van der Waals surface area contributed by atoms with Crippen molar-refractivity contribution in [2.75, 3.05) is 13.1 Å². The Morgan fingerprint density at radius 1 is 1.30 bits per heavy atom. The van der Waals surface area contributed by atoms with Crippen LogP contribution in [0.25, 0.3) is 0 Å². The Labute approximate surface area is 127 Å². The molecule has 1 unspecified atom stereocenters. The van der Waals surface area contributed by atoms with Gasteiger partial charge in [-0.25, -0.2) is 0 Å². The van der Waals surface area contributed by atoms with Crippen molar-refractivity contribution >= 4 is 18.3 Å². The average molecular weight is 297 g/mol. The van der Waals surface area contributed by atoms with E-state index in [4.69, 9.17) is 5.73 Å². The van der Waals surface area contributed by atoms with Gasteiger partial charge in [0.15, 0.2) is 0 Å². The van der Waals surface area contributed by atoms with E-state index in [9.17, 15) is 4.79 Å². The minimum atomic E-state index is 0. The molecule has 0 aromatic heterocycles. The average Bonchev–Trinajstić information content (AvgIpc) is 2.89. The zero-order valence-corrected chi connectivity index (χ0v) is 13.0. The van der Waals surface area contributed by atoms with Crippen molar-refractivity contribution in [3.05, 3.63) is 35.4 Å². The number of rotatable bonds is 5. The summed E-state index contributed by atoms with van der Waals surface area (Å²) in [5, 5.41) is 0. The number of aryl methyl sites for hydroxylation is 1. The fourth-order valence-electron chi connectivity index (χ4n) is 2.76. The van der Waals surface area contributed by atoms with Crippen molar-refractivity contribution in [2.45, 2.75) is 45.1 Å². The molecule has 0 spiro atoms. The van der Waals surface area contributed by atoms with Crippen molar-refractivity contribution in [3.63, 3.8) is 0 Å². The maximum atomic E-state index is 12.3. The molecule has 1 atom stereocenters. The number of hydrogen-bond donors (Lipinski definition) is 1. The maximum absolute atomic E-state index is 12.3. The predicted molar refractivity (Wildman–Crippen MR) is 85.0 cm³/mol. The molecule has 112 valence electrons. The molecule has 1 aromatic carbocycles. The first-order valence-corrected chi connectivity index (χ1v) is 7.28. The highest BCUT2D eigenvalue weighted by Crippen LogP contribution is 2.32. The lowest BCUT2D eigenvalue weighted by molar-refractivity contribution is -0.132. The van der Waals surface area contributed by atoms with E-state index >= 15 is 0 Å². The lowest BCUT2D eigenvalue weighted by Gasteiger charge is -2.25. The SMILES string of the molecule is Cc1ccc(C2CCCN2C(=O)CCCCN)cc1.Cl. The summed E-state index contributed by atoms with van der Waals surface area (Å²) in [5.41, 5.74) is 8.02. The second kappa shape index (κ2) is 8.28. The molecule has 4 heteroatoms. The van der Waals surface area contributed by atoms with Crippen molar-refractivity contribution in [3.8, 4) is 0 Å². The third kappa shape index (κ3) is 4.22. The summed E-state index contributed by atoms with van der Waals surface area (Å²) in [6, 6.07) is 8.86. The van der Waals surface area contributed by atoms with E-state index < -0.39 is 0 Å². The van der Waals surface area contributed by atoms with Crippen molar-refractivity contribution < 1.29 is 4.79 Å². The van der Waals surface area contributed by atoms with E-state index in [1.54, 1.807) is 0 Å². The second-order valence-electron chi connectivity index (χ2n) is 5.40. The van der Waals surface area contributed by atoms with E-state index in [-0.39, 0.29) is 24.4 Å². The van der Waals surface area contributed by atoms with Crippen molar-refractivity contribution in [1.82, 2.24) is 4.90 Å². The Balaban J connectivity index is 0.00000200. The summed E-state index contributed by atoms with van der Waals surface area (Å²) in [6.07, 6.45) is 4.69. The van der Waals surface area contributed by atoms with Gasteiger partial charge in [-0.3, -0.25) is 4.79 Å². The summed E-state index contributed by atoms with van der Waals surface area (Å²) < 4.78 is 0. The first kappa shape index (κ1) is 17.0. The Morgan fingerprint density at radius 3 is 2.65 bits per heavy atom. The number of carbonyl (C=O) groups excluding carboxylic acids is 1. The van der Waals surface area contributed by atoms with Gasteiger partial charge in [-0.05, 0) is 44.7 Å². The summed E-state index contributed by atoms with van der Waals surface area (Å²) in [7, 11) is 0. The first-order valence-electron chi connectivity index (χ1n) is 7.28. The molecule has 3 nitrogen and oxygen atoms in total. The molecule has 20 heavy (non-hydrogen) atoms. The monoisotopic (exact) mass is 296 g/mol. The quantitative estimate of drug-likeness (QED) is 0.848. The molecular formula is C16H25ClN2O. The van der Waals surface area contributed by atoms with Crippen LogP contribution in [0.2, 0.25) is 0 Å². The van der Waals surface area contributed by atoms with E-state index in [0.29, 0.717) is 13.0 Å². The molecule has 0 saturated carbocycles. The number of benzene rings is 1. The smallest absolute Gasteiger partial charge is 0.223 e. The number of amides is 1. The normalized spacial score (nSPS) is 17.9. The Bertz CT molecular complexity index is 419. The molecule has 0 bridgehead atoms. The van der Waals surface area contributed by atoms with Gasteiger partial charge in [0.2, 0.25) is 5.91 Å². The number of nitrogens with two attached hydrogens (primary N) is 1. The van der Waals surface area contributed by atoms with E-state index in [1.807, 2.05) is 0 Å². The molecule has 1 aliphatic rings. The molecular weight excluding hydrogens is 272 g/mol. The van der Waals surface area contributed by atoms with Crippen LogP contribution in [0.15, 0.2) is 24.3 Å². The molecule has 1 aliphatic heterocycles. The largest absolute Gasteiger partial charge is 0.336 e. The van der Waals surface area contributed by atoms with Gasteiger partial charge in [-0.15, -0.1) is 12.4 Å². The highest BCUT2D eigenvalue weighted by molar-refractivity contribution is 5.85. The van der Waals surface area contributed by atoms with Gasteiger partial charge in [-0.2, -0.15) is 0 Å². The summed E-state index contributed by atoms with van der Waals surface area (Å²) in [6.45, 7) is 3.67. The van der Waals surface area contributed by atoms with E-state index in [0.717, 1.165) is 32.2 Å². The van der Waals surface area contributed by atoms with Gasteiger partial charge in [0.1, 0.15) is 0 Å².